The molecule has 1 fully saturated rings. The normalized spacial score (nSPS) is 18.2. The fourth-order valence-electron chi connectivity index (χ4n) is 1.09. The standard InChI is InChI=1S/C9H14O4/c1-2-9(10)13-4-3-8-5-11-7-12-6-8/h2,8H,1,3-7H2. The Morgan fingerprint density at radius 2 is 2.23 bits per heavy atom. The monoisotopic (exact) mass is 186 g/mol. The number of ether oxygens (including phenoxy) is 3. The van der Waals surface area contributed by atoms with Crippen molar-refractivity contribution in [3.05, 3.63) is 12.7 Å². The molecule has 0 N–H and O–H groups in total. The summed E-state index contributed by atoms with van der Waals surface area (Å²) in [4.78, 5) is 10.7. The van der Waals surface area contributed by atoms with Crippen LogP contribution in [0.1, 0.15) is 6.42 Å². The van der Waals surface area contributed by atoms with Crippen molar-refractivity contribution < 1.29 is 19.0 Å². The van der Waals surface area contributed by atoms with Crippen molar-refractivity contribution in [2.75, 3.05) is 26.6 Å². The van der Waals surface area contributed by atoms with Crippen LogP contribution in [0.25, 0.3) is 0 Å². The van der Waals surface area contributed by atoms with Gasteiger partial charge in [0, 0.05) is 12.0 Å². The van der Waals surface area contributed by atoms with Crippen molar-refractivity contribution in [3.63, 3.8) is 0 Å². The molecule has 0 aromatic heterocycles. The van der Waals surface area contributed by atoms with Crippen LogP contribution in [0.15, 0.2) is 12.7 Å². The molecule has 0 saturated carbocycles. The molecule has 4 nitrogen and oxygen atoms in total. The highest BCUT2D eigenvalue weighted by Gasteiger charge is 2.14. The van der Waals surface area contributed by atoms with Crippen LogP contribution in [-0.2, 0) is 19.0 Å². The first kappa shape index (κ1) is 10.2. The summed E-state index contributed by atoms with van der Waals surface area (Å²) in [7, 11) is 0. The van der Waals surface area contributed by atoms with Gasteiger partial charge in [0.1, 0.15) is 6.79 Å². The third kappa shape index (κ3) is 4.05. The van der Waals surface area contributed by atoms with Gasteiger partial charge in [-0.05, 0) is 6.42 Å². The predicted molar refractivity (Wildman–Crippen MR) is 46.0 cm³/mol. The molecule has 0 unspecified atom stereocenters. The van der Waals surface area contributed by atoms with Gasteiger partial charge < -0.3 is 14.2 Å². The van der Waals surface area contributed by atoms with E-state index in [1.807, 2.05) is 0 Å². The van der Waals surface area contributed by atoms with Gasteiger partial charge in [-0.2, -0.15) is 0 Å². The molecule has 0 aromatic rings. The SMILES string of the molecule is C=CC(=O)OCCC1COCOC1. The number of carbonyl (C=O) groups excluding carboxylic acids is 1. The lowest BCUT2D eigenvalue weighted by molar-refractivity contribution is -0.143. The minimum Gasteiger partial charge on any atom is -0.463 e. The van der Waals surface area contributed by atoms with Gasteiger partial charge in [-0.15, -0.1) is 0 Å². The molecular weight excluding hydrogens is 172 g/mol. The molecule has 0 amide bonds. The van der Waals surface area contributed by atoms with Gasteiger partial charge in [0.2, 0.25) is 0 Å². The average Bonchev–Trinajstić information content (AvgIpc) is 2.19. The quantitative estimate of drug-likeness (QED) is 0.479. The van der Waals surface area contributed by atoms with Crippen molar-refractivity contribution >= 4 is 5.97 Å². The van der Waals surface area contributed by atoms with Crippen LogP contribution in [0.2, 0.25) is 0 Å². The molecule has 0 radical (unpaired) electrons. The zero-order valence-corrected chi connectivity index (χ0v) is 7.53. The topological polar surface area (TPSA) is 44.8 Å². The second-order valence-electron chi connectivity index (χ2n) is 2.89. The van der Waals surface area contributed by atoms with E-state index in [9.17, 15) is 4.79 Å². The van der Waals surface area contributed by atoms with Crippen LogP contribution in [-0.4, -0.2) is 32.6 Å². The lowest BCUT2D eigenvalue weighted by Gasteiger charge is -2.21. The Balaban J connectivity index is 2.04. The van der Waals surface area contributed by atoms with E-state index < -0.39 is 0 Å². The average molecular weight is 186 g/mol. The summed E-state index contributed by atoms with van der Waals surface area (Å²) in [5, 5.41) is 0. The Bertz CT molecular complexity index is 172. The number of rotatable bonds is 4. The molecule has 74 valence electrons. The number of carbonyl (C=O) groups is 1. The lowest BCUT2D eigenvalue weighted by Crippen LogP contribution is -2.25. The summed E-state index contributed by atoms with van der Waals surface area (Å²) in [5.41, 5.74) is 0. The molecule has 0 bridgehead atoms. The number of esters is 1. The second kappa shape index (κ2) is 5.72. The number of hydrogen-bond acceptors (Lipinski definition) is 4. The van der Waals surface area contributed by atoms with E-state index >= 15 is 0 Å². The predicted octanol–water partition coefficient (Wildman–Crippen LogP) is 0.726. The van der Waals surface area contributed by atoms with Gasteiger partial charge in [-0.1, -0.05) is 6.58 Å². The van der Waals surface area contributed by atoms with Gasteiger partial charge in [0.05, 0.1) is 19.8 Å². The minimum atomic E-state index is -0.377. The maximum atomic E-state index is 10.7. The first-order valence-electron chi connectivity index (χ1n) is 4.27. The smallest absolute Gasteiger partial charge is 0.330 e. The highest BCUT2D eigenvalue weighted by Crippen LogP contribution is 2.09. The van der Waals surface area contributed by atoms with Crippen LogP contribution < -0.4 is 0 Å². The molecule has 4 heteroatoms. The highest BCUT2D eigenvalue weighted by atomic mass is 16.7. The Labute approximate surface area is 77.5 Å². The van der Waals surface area contributed by atoms with E-state index in [4.69, 9.17) is 14.2 Å². The van der Waals surface area contributed by atoms with Crippen molar-refractivity contribution in [3.8, 4) is 0 Å². The van der Waals surface area contributed by atoms with E-state index in [0.717, 1.165) is 12.5 Å². The van der Waals surface area contributed by atoms with Gasteiger partial charge in [-0.3, -0.25) is 0 Å². The lowest BCUT2D eigenvalue weighted by atomic mass is 10.1. The fourth-order valence-corrected chi connectivity index (χ4v) is 1.09. The molecule has 1 saturated heterocycles. The molecule has 1 aliphatic rings. The summed E-state index contributed by atoms with van der Waals surface area (Å²) in [5.74, 6) is -0.0380. The molecule has 0 atom stereocenters. The second-order valence-corrected chi connectivity index (χ2v) is 2.89. The summed E-state index contributed by atoms with van der Waals surface area (Å²) in [6, 6.07) is 0. The fraction of sp³-hybridized carbons (Fsp3) is 0.667. The molecule has 1 rings (SSSR count). The van der Waals surface area contributed by atoms with Crippen LogP contribution >= 0.6 is 0 Å². The molecule has 1 aliphatic heterocycles. The summed E-state index contributed by atoms with van der Waals surface area (Å²) >= 11 is 0. The zero-order valence-electron chi connectivity index (χ0n) is 7.53. The Morgan fingerprint density at radius 1 is 1.54 bits per heavy atom. The molecule has 1 heterocycles. The van der Waals surface area contributed by atoms with E-state index in [1.54, 1.807) is 0 Å². The molecule has 0 spiro atoms. The Morgan fingerprint density at radius 3 is 2.85 bits per heavy atom. The molecular formula is C9H14O4. The summed E-state index contributed by atoms with van der Waals surface area (Å²) in [6.45, 7) is 5.46. The third-order valence-electron chi connectivity index (χ3n) is 1.81. The van der Waals surface area contributed by atoms with Crippen molar-refractivity contribution in [2.45, 2.75) is 6.42 Å². The van der Waals surface area contributed by atoms with Crippen LogP contribution in [0.3, 0.4) is 0 Å². The van der Waals surface area contributed by atoms with Gasteiger partial charge in [0.25, 0.3) is 0 Å². The maximum Gasteiger partial charge on any atom is 0.330 e. The van der Waals surface area contributed by atoms with E-state index in [1.165, 1.54) is 0 Å². The Kier molecular flexibility index (Phi) is 4.49. The number of hydrogen-bond donors (Lipinski definition) is 0. The van der Waals surface area contributed by atoms with E-state index in [0.29, 0.717) is 32.5 Å². The van der Waals surface area contributed by atoms with Crippen LogP contribution in [0.5, 0.6) is 0 Å². The third-order valence-corrected chi connectivity index (χ3v) is 1.81. The van der Waals surface area contributed by atoms with Crippen LogP contribution in [0, 0.1) is 5.92 Å². The van der Waals surface area contributed by atoms with Crippen molar-refractivity contribution in [1.82, 2.24) is 0 Å². The maximum absolute atomic E-state index is 10.7. The van der Waals surface area contributed by atoms with Crippen LogP contribution in [0.4, 0.5) is 0 Å². The first-order valence-corrected chi connectivity index (χ1v) is 4.27. The largest absolute Gasteiger partial charge is 0.463 e. The molecule has 13 heavy (non-hydrogen) atoms. The summed E-state index contributed by atoms with van der Waals surface area (Å²) < 4.78 is 15.0. The van der Waals surface area contributed by atoms with Gasteiger partial charge in [0.15, 0.2) is 0 Å². The van der Waals surface area contributed by atoms with Gasteiger partial charge in [-0.25, -0.2) is 4.79 Å². The minimum absolute atomic E-state index is 0.339. The zero-order chi connectivity index (χ0) is 9.52. The van der Waals surface area contributed by atoms with Gasteiger partial charge >= 0.3 is 5.97 Å². The summed E-state index contributed by atoms with van der Waals surface area (Å²) in [6.07, 6.45) is 1.94. The molecule has 0 aliphatic carbocycles. The molecule has 0 aromatic carbocycles. The first-order chi connectivity index (χ1) is 6.33. The van der Waals surface area contributed by atoms with E-state index in [2.05, 4.69) is 6.58 Å². The van der Waals surface area contributed by atoms with E-state index in [-0.39, 0.29) is 5.97 Å². The Hall–Kier alpha value is -0.870. The van der Waals surface area contributed by atoms with Crippen molar-refractivity contribution in [1.29, 1.82) is 0 Å². The highest BCUT2D eigenvalue weighted by molar-refractivity contribution is 5.81. The van der Waals surface area contributed by atoms with Crippen molar-refractivity contribution in [2.24, 2.45) is 5.92 Å².